The third-order valence-electron chi connectivity index (χ3n) is 3.04. The Bertz CT molecular complexity index is 626. The number of rotatable bonds is 5. The fraction of sp³-hybridized carbons (Fsp3) is 0.462. The number of hydrogen-bond donors (Lipinski definition) is 1. The monoisotopic (exact) mass is 339 g/mol. The summed E-state index contributed by atoms with van der Waals surface area (Å²) in [5.41, 5.74) is 0.759. The maximum Gasteiger partial charge on any atom is 0.405 e. The molecule has 0 bridgehead atoms. The summed E-state index contributed by atoms with van der Waals surface area (Å²) >= 11 is 0. The molecule has 9 heteroatoms. The SMILES string of the molecule is COC(=O)[C@H](C)[C@H](NS(=O)(=O)c1ccc(C)cc1)C(F)(F)F. The standard InChI is InChI=1S/C13H16F3NO4S/c1-8-4-6-10(7-5-8)22(19,20)17-11(13(14,15)16)9(2)12(18)21-3/h4-7,9,11,17H,1-3H3/t9-,11+/m1/s1. The van der Waals surface area contributed by atoms with Crippen LogP contribution in [-0.4, -0.2) is 33.7 Å². The van der Waals surface area contributed by atoms with E-state index in [4.69, 9.17) is 0 Å². The Morgan fingerprint density at radius 2 is 1.73 bits per heavy atom. The van der Waals surface area contributed by atoms with Crippen molar-refractivity contribution >= 4 is 16.0 Å². The highest BCUT2D eigenvalue weighted by Crippen LogP contribution is 2.28. The number of carbonyl (C=O) groups is 1. The minimum absolute atomic E-state index is 0.315. The van der Waals surface area contributed by atoms with Crippen molar-refractivity contribution in [2.45, 2.75) is 31.0 Å². The molecule has 0 fully saturated rings. The van der Waals surface area contributed by atoms with Gasteiger partial charge in [-0.2, -0.15) is 17.9 Å². The highest BCUT2D eigenvalue weighted by Gasteiger charge is 2.48. The van der Waals surface area contributed by atoms with Crippen molar-refractivity contribution in [2.24, 2.45) is 5.92 Å². The minimum atomic E-state index is -4.94. The van der Waals surface area contributed by atoms with Crippen molar-refractivity contribution in [3.05, 3.63) is 29.8 Å². The average Bonchev–Trinajstić information content (AvgIpc) is 2.42. The fourth-order valence-electron chi connectivity index (χ4n) is 1.73. The van der Waals surface area contributed by atoms with Crippen LogP contribution in [0.15, 0.2) is 29.2 Å². The zero-order valence-corrected chi connectivity index (χ0v) is 13.0. The lowest BCUT2D eigenvalue weighted by Gasteiger charge is -2.25. The van der Waals surface area contributed by atoms with E-state index in [1.165, 1.54) is 29.0 Å². The summed E-state index contributed by atoms with van der Waals surface area (Å²) < 4.78 is 69.0. The number of methoxy groups -OCH3 is 1. The molecule has 1 N–H and O–H groups in total. The molecule has 5 nitrogen and oxygen atoms in total. The van der Waals surface area contributed by atoms with Gasteiger partial charge in [0, 0.05) is 0 Å². The molecule has 0 amide bonds. The minimum Gasteiger partial charge on any atom is -0.469 e. The van der Waals surface area contributed by atoms with E-state index in [1.54, 1.807) is 6.92 Å². The number of esters is 1. The first-order chi connectivity index (χ1) is 9.99. The van der Waals surface area contributed by atoms with Gasteiger partial charge in [0.05, 0.1) is 17.9 Å². The van der Waals surface area contributed by atoms with Gasteiger partial charge in [-0.3, -0.25) is 4.79 Å². The van der Waals surface area contributed by atoms with Crippen molar-refractivity contribution in [2.75, 3.05) is 7.11 Å². The van der Waals surface area contributed by atoms with Crippen LogP contribution in [0.1, 0.15) is 12.5 Å². The maximum atomic E-state index is 13.0. The van der Waals surface area contributed by atoms with Gasteiger partial charge in [0.1, 0.15) is 6.04 Å². The van der Waals surface area contributed by atoms with E-state index in [2.05, 4.69) is 4.74 Å². The normalized spacial score (nSPS) is 15.2. The second-order valence-corrected chi connectivity index (χ2v) is 6.48. The van der Waals surface area contributed by atoms with Crippen molar-refractivity contribution in [3.8, 4) is 0 Å². The Labute approximate surface area is 126 Å². The van der Waals surface area contributed by atoms with Crippen molar-refractivity contribution in [1.29, 1.82) is 0 Å². The van der Waals surface area contributed by atoms with Crippen LogP contribution in [0.5, 0.6) is 0 Å². The summed E-state index contributed by atoms with van der Waals surface area (Å²) in [4.78, 5) is 11.0. The molecule has 0 aliphatic rings. The highest BCUT2D eigenvalue weighted by molar-refractivity contribution is 7.89. The summed E-state index contributed by atoms with van der Waals surface area (Å²) in [6, 6.07) is 2.72. The molecule has 0 aliphatic heterocycles. The van der Waals surface area contributed by atoms with Crippen molar-refractivity contribution < 1.29 is 31.1 Å². The molecule has 0 saturated carbocycles. The molecule has 0 saturated heterocycles. The molecule has 2 atom stereocenters. The number of carbonyl (C=O) groups excluding carboxylic acids is 1. The predicted molar refractivity (Wildman–Crippen MR) is 72.5 cm³/mol. The van der Waals surface area contributed by atoms with Gasteiger partial charge in [0.25, 0.3) is 0 Å². The molecule has 0 heterocycles. The third kappa shape index (κ3) is 4.44. The summed E-state index contributed by atoms with van der Waals surface area (Å²) in [6.45, 7) is 2.66. The molecule has 0 aliphatic carbocycles. The number of hydrogen-bond acceptors (Lipinski definition) is 4. The Hall–Kier alpha value is -1.61. The number of alkyl halides is 3. The molecule has 0 radical (unpaired) electrons. The van der Waals surface area contributed by atoms with Gasteiger partial charge < -0.3 is 4.74 Å². The molecule has 1 rings (SSSR count). The fourth-order valence-corrected chi connectivity index (χ4v) is 3.03. The number of aryl methyl sites for hydroxylation is 1. The molecule has 0 unspecified atom stereocenters. The van der Waals surface area contributed by atoms with Gasteiger partial charge in [-0.15, -0.1) is 0 Å². The molecule has 0 spiro atoms. The molecule has 1 aromatic rings. The third-order valence-corrected chi connectivity index (χ3v) is 4.50. The number of nitrogens with one attached hydrogen (secondary N) is 1. The second-order valence-electron chi connectivity index (χ2n) is 4.77. The molecule has 124 valence electrons. The largest absolute Gasteiger partial charge is 0.469 e. The Morgan fingerprint density at radius 3 is 2.14 bits per heavy atom. The second kappa shape index (κ2) is 6.66. The molecular weight excluding hydrogens is 323 g/mol. The van der Waals surface area contributed by atoms with Crippen LogP contribution in [0.3, 0.4) is 0 Å². The molecule has 0 aromatic heterocycles. The van der Waals surface area contributed by atoms with Crippen molar-refractivity contribution in [1.82, 2.24) is 4.72 Å². The quantitative estimate of drug-likeness (QED) is 0.833. The van der Waals surface area contributed by atoms with Crippen LogP contribution < -0.4 is 4.72 Å². The van der Waals surface area contributed by atoms with Crippen LogP contribution >= 0.6 is 0 Å². The summed E-state index contributed by atoms with van der Waals surface area (Å²) in [5, 5.41) is 0. The lowest BCUT2D eigenvalue weighted by molar-refractivity contribution is -0.175. The van der Waals surface area contributed by atoms with Gasteiger partial charge in [-0.05, 0) is 19.1 Å². The van der Waals surface area contributed by atoms with Crippen LogP contribution in [0.4, 0.5) is 13.2 Å². The maximum absolute atomic E-state index is 13.0. The van der Waals surface area contributed by atoms with Gasteiger partial charge in [0.2, 0.25) is 10.0 Å². The van der Waals surface area contributed by atoms with E-state index in [1.807, 2.05) is 0 Å². The Morgan fingerprint density at radius 1 is 1.23 bits per heavy atom. The van der Waals surface area contributed by atoms with E-state index < -0.39 is 34.1 Å². The van der Waals surface area contributed by atoms with Crippen molar-refractivity contribution in [3.63, 3.8) is 0 Å². The van der Waals surface area contributed by atoms with E-state index in [0.29, 0.717) is 0 Å². The number of halogens is 3. The first kappa shape index (κ1) is 18.4. The average molecular weight is 339 g/mol. The Kier molecular flexibility index (Phi) is 5.58. The van der Waals surface area contributed by atoms with Crippen LogP contribution in [-0.2, 0) is 19.6 Å². The first-order valence-electron chi connectivity index (χ1n) is 6.22. The lowest BCUT2D eigenvalue weighted by Crippen LogP contribution is -2.51. The Balaban J connectivity index is 3.13. The van der Waals surface area contributed by atoms with Crippen LogP contribution in [0, 0.1) is 12.8 Å². The summed E-state index contributed by atoms with van der Waals surface area (Å²) in [6.07, 6.45) is -4.94. The molecule has 22 heavy (non-hydrogen) atoms. The van der Waals surface area contributed by atoms with E-state index >= 15 is 0 Å². The molecular formula is C13H16F3NO4S. The predicted octanol–water partition coefficient (Wildman–Crippen LogP) is 2.01. The van der Waals surface area contributed by atoms with Gasteiger partial charge in [-0.25, -0.2) is 8.42 Å². The van der Waals surface area contributed by atoms with E-state index in [9.17, 15) is 26.4 Å². The summed E-state index contributed by atoms with van der Waals surface area (Å²) in [5.74, 6) is -2.88. The zero-order chi connectivity index (χ0) is 17.1. The lowest BCUT2D eigenvalue weighted by atomic mass is 10.0. The van der Waals surface area contributed by atoms with Crippen LogP contribution in [0.2, 0.25) is 0 Å². The number of ether oxygens (including phenoxy) is 1. The number of benzene rings is 1. The number of sulfonamides is 1. The summed E-state index contributed by atoms with van der Waals surface area (Å²) in [7, 11) is -3.49. The van der Waals surface area contributed by atoms with E-state index in [0.717, 1.165) is 19.6 Å². The molecule has 1 aromatic carbocycles. The van der Waals surface area contributed by atoms with E-state index in [-0.39, 0.29) is 4.90 Å². The van der Waals surface area contributed by atoms with Gasteiger partial charge in [-0.1, -0.05) is 24.6 Å². The zero-order valence-electron chi connectivity index (χ0n) is 12.1. The van der Waals surface area contributed by atoms with Gasteiger partial charge in [0.15, 0.2) is 0 Å². The smallest absolute Gasteiger partial charge is 0.405 e. The highest BCUT2D eigenvalue weighted by atomic mass is 32.2. The topological polar surface area (TPSA) is 72.5 Å². The van der Waals surface area contributed by atoms with Crippen LogP contribution in [0.25, 0.3) is 0 Å². The first-order valence-corrected chi connectivity index (χ1v) is 7.71. The van der Waals surface area contributed by atoms with Gasteiger partial charge >= 0.3 is 12.1 Å².